The second-order valence-electron chi connectivity index (χ2n) is 10.2. The number of nitrogens with zero attached hydrogens (tertiary/aromatic N) is 4. The topological polar surface area (TPSA) is 90.5 Å². The van der Waals surface area contributed by atoms with Gasteiger partial charge in [0, 0.05) is 37.7 Å². The van der Waals surface area contributed by atoms with Crippen molar-refractivity contribution in [3.63, 3.8) is 0 Å². The maximum atomic E-state index is 12.5. The van der Waals surface area contributed by atoms with Crippen LogP contribution in [-0.2, 0) is 11.2 Å². The van der Waals surface area contributed by atoms with E-state index in [9.17, 15) is 9.59 Å². The maximum absolute atomic E-state index is 12.5. The van der Waals surface area contributed by atoms with E-state index >= 15 is 0 Å². The first-order valence-electron chi connectivity index (χ1n) is 12.0. The van der Waals surface area contributed by atoms with Gasteiger partial charge in [-0.1, -0.05) is 45.0 Å². The third-order valence-electron chi connectivity index (χ3n) is 6.09. The molecule has 0 radical (unpaired) electrons. The molecule has 3 rings (SSSR count). The van der Waals surface area contributed by atoms with Crippen molar-refractivity contribution >= 4 is 17.6 Å². The highest BCUT2D eigenvalue weighted by molar-refractivity contribution is 5.92. The molecular weight excluding hydrogens is 428 g/mol. The number of anilines is 1. The van der Waals surface area contributed by atoms with Crippen LogP contribution in [0, 0.1) is 12.3 Å². The Morgan fingerprint density at radius 3 is 2.59 bits per heavy atom. The van der Waals surface area contributed by atoms with E-state index in [1.165, 1.54) is 17.5 Å². The van der Waals surface area contributed by atoms with E-state index in [1.54, 1.807) is 6.07 Å². The first-order valence-corrected chi connectivity index (χ1v) is 12.0. The molecule has 34 heavy (non-hydrogen) atoms. The van der Waals surface area contributed by atoms with Crippen LogP contribution in [0.15, 0.2) is 36.7 Å². The van der Waals surface area contributed by atoms with Gasteiger partial charge in [0.2, 0.25) is 5.91 Å². The van der Waals surface area contributed by atoms with E-state index in [0.717, 1.165) is 25.9 Å². The highest BCUT2D eigenvalue weighted by Crippen LogP contribution is 2.23. The third-order valence-corrected chi connectivity index (χ3v) is 6.09. The van der Waals surface area contributed by atoms with Crippen LogP contribution in [0.5, 0.6) is 0 Å². The number of rotatable bonds is 10. The van der Waals surface area contributed by atoms with Crippen molar-refractivity contribution in [3.8, 4) is 0 Å². The SMILES string of the molecule is Cc1ccccc1CCN(C)CCCNC(=O)c1cc(NC2CN(C(=O)C(C)(C)C)C2)ncn1. The average Bonchev–Trinajstić information content (AvgIpc) is 2.77. The van der Waals surface area contributed by atoms with Crippen molar-refractivity contribution in [3.05, 3.63) is 53.5 Å². The molecule has 0 spiro atoms. The quantitative estimate of drug-likeness (QED) is 0.524. The molecule has 1 aliphatic heterocycles. The summed E-state index contributed by atoms with van der Waals surface area (Å²) in [6.45, 7) is 11.7. The number of nitrogens with one attached hydrogen (secondary N) is 2. The van der Waals surface area contributed by atoms with Crippen LogP contribution in [0.1, 0.15) is 48.8 Å². The normalized spacial score (nSPS) is 14.1. The van der Waals surface area contributed by atoms with Crippen molar-refractivity contribution in [2.24, 2.45) is 5.41 Å². The minimum absolute atomic E-state index is 0.132. The van der Waals surface area contributed by atoms with Gasteiger partial charge in [0.1, 0.15) is 17.8 Å². The molecule has 1 aliphatic rings. The summed E-state index contributed by atoms with van der Waals surface area (Å²) in [5.41, 5.74) is 2.68. The zero-order valence-corrected chi connectivity index (χ0v) is 21.1. The monoisotopic (exact) mass is 466 g/mol. The molecule has 1 aromatic heterocycles. The van der Waals surface area contributed by atoms with Gasteiger partial charge in [-0.15, -0.1) is 0 Å². The molecule has 0 aliphatic carbocycles. The van der Waals surface area contributed by atoms with Gasteiger partial charge in [-0.05, 0) is 44.5 Å². The first kappa shape index (κ1) is 25.6. The summed E-state index contributed by atoms with van der Waals surface area (Å²) in [4.78, 5) is 37.3. The molecule has 1 fully saturated rings. The number of carbonyl (C=O) groups is 2. The Morgan fingerprint density at radius 2 is 1.88 bits per heavy atom. The Bertz CT molecular complexity index is 981. The van der Waals surface area contributed by atoms with Crippen molar-refractivity contribution < 1.29 is 9.59 Å². The van der Waals surface area contributed by atoms with Crippen LogP contribution in [0.4, 0.5) is 5.82 Å². The molecule has 2 amide bonds. The Kier molecular flexibility index (Phi) is 8.61. The number of benzene rings is 1. The van der Waals surface area contributed by atoms with Crippen LogP contribution in [0.2, 0.25) is 0 Å². The summed E-state index contributed by atoms with van der Waals surface area (Å²) >= 11 is 0. The Balaban J connectivity index is 1.36. The molecule has 8 nitrogen and oxygen atoms in total. The molecule has 8 heteroatoms. The molecule has 0 bridgehead atoms. The summed E-state index contributed by atoms with van der Waals surface area (Å²) in [5, 5.41) is 6.24. The van der Waals surface area contributed by atoms with Crippen molar-refractivity contribution in [2.75, 3.05) is 45.1 Å². The van der Waals surface area contributed by atoms with Gasteiger partial charge >= 0.3 is 0 Å². The Labute approximate surface area is 203 Å². The number of hydrogen-bond acceptors (Lipinski definition) is 6. The van der Waals surface area contributed by atoms with E-state index in [-0.39, 0.29) is 23.3 Å². The lowest BCUT2D eigenvalue weighted by Crippen LogP contribution is -2.59. The zero-order valence-electron chi connectivity index (χ0n) is 21.1. The molecule has 0 atom stereocenters. The number of likely N-dealkylation sites (N-methyl/N-ethyl adjacent to an activating group) is 1. The Morgan fingerprint density at radius 1 is 1.15 bits per heavy atom. The van der Waals surface area contributed by atoms with Gasteiger partial charge in [0.25, 0.3) is 5.91 Å². The van der Waals surface area contributed by atoms with Crippen LogP contribution in [0.3, 0.4) is 0 Å². The highest BCUT2D eigenvalue weighted by Gasteiger charge is 2.36. The molecule has 0 unspecified atom stereocenters. The van der Waals surface area contributed by atoms with Gasteiger partial charge in [-0.3, -0.25) is 9.59 Å². The van der Waals surface area contributed by atoms with Gasteiger partial charge in [0.05, 0.1) is 6.04 Å². The summed E-state index contributed by atoms with van der Waals surface area (Å²) in [6.07, 6.45) is 3.29. The first-order chi connectivity index (χ1) is 16.1. The lowest BCUT2D eigenvalue weighted by Gasteiger charge is -2.42. The summed E-state index contributed by atoms with van der Waals surface area (Å²) in [7, 11) is 2.11. The van der Waals surface area contributed by atoms with Crippen molar-refractivity contribution in [2.45, 2.75) is 46.6 Å². The van der Waals surface area contributed by atoms with Crippen LogP contribution in [-0.4, -0.2) is 77.4 Å². The number of carbonyl (C=O) groups excluding carboxylic acids is 2. The van der Waals surface area contributed by atoms with Gasteiger partial charge < -0.3 is 20.4 Å². The molecule has 0 saturated carbocycles. The molecule has 184 valence electrons. The fraction of sp³-hybridized carbons (Fsp3) is 0.538. The summed E-state index contributed by atoms with van der Waals surface area (Å²) < 4.78 is 0. The van der Waals surface area contributed by atoms with Crippen LogP contribution < -0.4 is 10.6 Å². The smallest absolute Gasteiger partial charge is 0.270 e. The van der Waals surface area contributed by atoms with Gasteiger partial charge in [-0.25, -0.2) is 9.97 Å². The number of amides is 2. The van der Waals surface area contributed by atoms with Crippen molar-refractivity contribution in [1.29, 1.82) is 0 Å². The highest BCUT2D eigenvalue weighted by atomic mass is 16.2. The number of hydrogen-bond donors (Lipinski definition) is 2. The largest absolute Gasteiger partial charge is 0.364 e. The van der Waals surface area contributed by atoms with E-state index in [2.05, 4.69) is 63.7 Å². The predicted octanol–water partition coefficient (Wildman–Crippen LogP) is 2.75. The molecule has 2 heterocycles. The van der Waals surface area contributed by atoms with E-state index in [0.29, 0.717) is 31.1 Å². The van der Waals surface area contributed by atoms with Gasteiger partial charge in [-0.2, -0.15) is 0 Å². The van der Waals surface area contributed by atoms with Crippen LogP contribution >= 0.6 is 0 Å². The zero-order chi connectivity index (χ0) is 24.7. The Hall–Kier alpha value is -3.00. The second kappa shape index (κ2) is 11.4. The lowest BCUT2D eigenvalue weighted by molar-refractivity contribution is -0.143. The molecule has 1 aromatic carbocycles. The standard InChI is InChI=1S/C26H38N6O2/c1-19-9-6-7-10-20(19)11-14-31(5)13-8-12-27-24(33)22-15-23(29-18-28-22)30-21-16-32(17-21)25(34)26(2,3)4/h6-7,9-10,15,18,21H,8,11-14,16-17H2,1-5H3,(H,27,33)(H,28,29,30). The maximum Gasteiger partial charge on any atom is 0.270 e. The molecule has 1 saturated heterocycles. The van der Waals surface area contributed by atoms with Crippen molar-refractivity contribution in [1.82, 2.24) is 25.1 Å². The van der Waals surface area contributed by atoms with E-state index in [4.69, 9.17) is 0 Å². The van der Waals surface area contributed by atoms with E-state index < -0.39 is 0 Å². The number of likely N-dealkylation sites (tertiary alicyclic amines) is 1. The lowest BCUT2D eigenvalue weighted by atomic mass is 9.92. The molecule has 2 N–H and O–H groups in total. The molecule has 2 aromatic rings. The number of aromatic nitrogens is 2. The fourth-order valence-corrected chi connectivity index (χ4v) is 3.93. The summed E-state index contributed by atoms with van der Waals surface area (Å²) in [5.74, 6) is 0.546. The van der Waals surface area contributed by atoms with Gasteiger partial charge in [0.15, 0.2) is 0 Å². The van der Waals surface area contributed by atoms with E-state index in [1.807, 2.05) is 25.7 Å². The minimum Gasteiger partial charge on any atom is -0.364 e. The molecular formula is C26H38N6O2. The fourth-order valence-electron chi connectivity index (χ4n) is 3.93. The minimum atomic E-state index is -0.374. The second-order valence-corrected chi connectivity index (χ2v) is 10.2. The predicted molar refractivity (Wildman–Crippen MR) is 135 cm³/mol. The van der Waals surface area contributed by atoms with Crippen LogP contribution in [0.25, 0.3) is 0 Å². The summed E-state index contributed by atoms with van der Waals surface area (Å²) in [6, 6.07) is 10.3. The third kappa shape index (κ3) is 7.25. The average molecular weight is 467 g/mol. The number of aryl methyl sites for hydroxylation is 1.